The molecule has 0 aromatic carbocycles. The lowest BCUT2D eigenvalue weighted by atomic mass is 10.5. The maximum Gasteiger partial charge on any atom is 0.156 e. The van der Waals surface area contributed by atoms with Gasteiger partial charge in [-0.05, 0) is 6.92 Å². The number of ether oxygens (including phenoxy) is 1. The zero-order valence-corrected chi connectivity index (χ0v) is 10.9. The third-order valence-corrected chi connectivity index (χ3v) is 2.93. The molecule has 1 aromatic heterocycles. The molecule has 0 saturated carbocycles. The molecule has 1 atom stereocenters. The number of aliphatic hydroxyl groups excluding tert-OH is 1. The Labute approximate surface area is 104 Å². The minimum absolute atomic E-state index is 0.0888. The number of aromatic nitrogens is 2. The highest BCUT2D eigenvalue weighted by molar-refractivity contribution is 7.99. The molecule has 0 bridgehead atoms. The zero-order chi connectivity index (χ0) is 12.0. The second-order valence-corrected chi connectivity index (χ2v) is 5.04. The van der Waals surface area contributed by atoms with Gasteiger partial charge in [0.25, 0.3) is 0 Å². The molecule has 0 spiro atoms. The molecule has 1 rings (SSSR count). The molecule has 0 aliphatic heterocycles. The number of hydrogen-bond donors (Lipinski definition) is 1. The topological polar surface area (TPSA) is 55.2 Å². The molecular formula is C10H15ClN2O2S. The molecule has 4 nitrogen and oxygen atoms in total. The number of thioether (sulfide) groups is 1. The molecule has 0 saturated heterocycles. The molecular weight excluding hydrogens is 248 g/mol. The van der Waals surface area contributed by atoms with Crippen molar-refractivity contribution >= 4 is 23.4 Å². The summed E-state index contributed by atoms with van der Waals surface area (Å²) >= 11 is 7.34. The van der Waals surface area contributed by atoms with Crippen molar-refractivity contribution in [2.45, 2.75) is 30.7 Å². The Balaban J connectivity index is 2.73. The first-order valence-corrected chi connectivity index (χ1v) is 6.30. The first-order valence-electron chi connectivity index (χ1n) is 5.04. The van der Waals surface area contributed by atoms with Crippen LogP contribution in [0.3, 0.4) is 0 Å². The third kappa shape index (κ3) is 4.65. The van der Waals surface area contributed by atoms with E-state index >= 15 is 0 Å². The van der Waals surface area contributed by atoms with Crippen LogP contribution in [0.2, 0.25) is 5.15 Å². The predicted octanol–water partition coefficient (Wildman–Crippen LogP) is 2.14. The average molecular weight is 263 g/mol. The number of rotatable bonds is 6. The quantitative estimate of drug-likeness (QED) is 0.629. The van der Waals surface area contributed by atoms with Gasteiger partial charge in [0.1, 0.15) is 16.8 Å². The molecule has 1 aromatic rings. The van der Waals surface area contributed by atoms with Gasteiger partial charge in [0.2, 0.25) is 0 Å². The number of hydrogen-bond acceptors (Lipinski definition) is 5. The van der Waals surface area contributed by atoms with E-state index in [0.29, 0.717) is 24.2 Å². The first-order chi connectivity index (χ1) is 7.65. The van der Waals surface area contributed by atoms with Crippen molar-refractivity contribution in [2.75, 3.05) is 13.2 Å². The molecule has 0 fully saturated rings. The minimum atomic E-state index is 0.0888. The van der Waals surface area contributed by atoms with Crippen LogP contribution in [0.1, 0.15) is 19.7 Å². The van der Waals surface area contributed by atoms with Crippen LogP contribution >= 0.6 is 23.4 Å². The van der Waals surface area contributed by atoms with E-state index in [9.17, 15) is 0 Å². The molecule has 16 heavy (non-hydrogen) atoms. The first kappa shape index (κ1) is 13.7. The maximum absolute atomic E-state index is 8.95. The van der Waals surface area contributed by atoms with Gasteiger partial charge in [-0.3, -0.25) is 0 Å². The minimum Gasteiger partial charge on any atom is -0.395 e. The number of aliphatic hydroxyl groups is 1. The smallest absolute Gasteiger partial charge is 0.156 e. The number of halogens is 1. The average Bonchev–Trinajstić information content (AvgIpc) is 2.25. The van der Waals surface area contributed by atoms with Crippen LogP contribution in [0.25, 0.3) is 0 Å². The van der Waals surface area contributed by atoms with Gasteiger partial charge in [-0.1, -0.05) is 18.5 Å². The second kappa shape index (κ2) is 7.06. The highest BCUT2D eigenvalue weighted by Gasteiger charge is 2.08. The summed E-state index contributed by atoms with van der Waals surface area (Å²) in [7, 11) is 0. The van der Waals surface area contributed by atoms with Crippen LogP contribution in [0.4, 0.5) is 0 Å². The van der Waals surface area contributed by atoms with E-state index in [2.05, 4.69) is 9.97 Å². The lowest BCUT2D eigenvalue weighted by Gasteiger charge is -2.08. The molecule has 90 valence electrons. The standard InChI is InChI=1S/C10H15ClN2O2S/c1-3-15-6-9-12-8(11)4-10(13-9)16-7(2)5-14/h4,7,14H,3,5-6H2,1-2H3. The molecule has 0 aliphatic carbocycles. The van der Waals surface area contributed by atoms with Crippen molar-refractivity contribution in [1.82, 2.24) is 9.97 Å². The van der Waals surface area contributed by atoms with E-state index in [1.165, 1.54) is 11.8 Å². The van der Waals surface area contributed by atoms with Crippen molar-refractivity contribution in [2.24, 2.45) is 0 Å². The summed E-state index contributed by atoms with van der Waals surface area (Å²) in [5.41, 5.74) is 0. The summed E-state index contributed by atoms with van der Waals surface area (Å²) in [4.78, 5) is 8.35. The van der Waals surface area contributed by atoms with Gasteiger partial charge in [-0.2, -0.15) is 0 Å². The van der Waals surface area contributed by atoms with E-state index in [-0.39, 0.29) is 11.9 Å². The van der Waals surface area contributed by atoms with Crippen molar-refractivity contribution in [3.8, 4) is 0 Å². The Hall–Kier alpha value is -0.360. The van der Waals surface area contributed by atoms with Gasteiger partial charge < -0.3 is 9.84 Å². The van der Waals surface area contributed by atoms with Gasteiger partial charge in [-0.15, -0.1) is 11.8 Å². The van der Waals surface area contributed by atoms with Crippen LogP contribution in [-0.2, 0) is 11.3 Å². The van der Waals surface area contributed by atoms with E-state index in [1.54, 1.807) is 6.07 Å². The van der Waals surface area contributed by atoms with Crippen molar-refractivity contribution in [3.05, 3.63) is 17.0 Å². The SMILES string of the molecule is CCOCc1nc(Cl)cc(SC(C)CO)n1. The summed E-state index contributed by atoms with van der Waals surface area (Å²) in [6.45, 7) is 4.91. The van der Waals surface area contributed by atoms with Crippen LogP contribution in [0.15, 0.2) is 11.1 Å². The van der Waals surface area contributed by atoms with E-state index in [0.717, 1.165) is 5.03 Å². The molecule has 0 radical (unpaired) electrons. The predicted molar refractivity (Wildman–Crippen MR) is 64.8 cm³/mol. The summed E-state index contributed by atoms with van der Waals surface area (Å²) in [6, 6.07) is 1.69. The molecule has 1 heterocycles. The molecule has 0 amide bonds. The molecule has 1 N–H and O–H groups in total. The van der Waals surface area contributed by atoms with E-state index < -0.39 is 0 Å². The van der Waals surface area contributed by atoms with Crippen LogP contribution in [0, 0.1) is 0 Å². The molecule has 6 heteroatoms. The summed E-state index contributed by atoms with van der Waals surface area (Å²) in [5.74, 6) is 0.571. The number of nitrogens with zero attached hydrogens (tertiary/aromatic N) is 2. The van der Waals surface area contributed by atoms with Gasteiger partial charge in [0.05, 0.1) is 6.61 Å². The van der Waals surface area contributed by atoms with E-state index in [1.807, 2.05) is 13.8 Å². The Morgan fingerprint density at radius 3 is 2.94 bits per heavy atom. The third-order valence-electron chi connectivity index (χ3n) is 1.73. The summed E-state index contributed by atoms with van der Waals surface area (Å²) in [6.07, 6.45) is 0. The molecule has 1 unspecified atom stereocenters. The Morgan fingerprint density at radius 2 is 2.31 bits per heavy atom. The second-order valence-electron chi connectivity index (χ2n) is 3.19. The Morgan fingerprint density at radius 1 is 1.56 bits per heavy atom. The summed E-state index contributed by atoms with van der Waals surface area (Å²) in [5, 5.41) is 10.2. The van der Waals surface area contributed by atoms with Crippen molar-refractivity contribution < 1.29 is 9.84 Å². The lowest BCUT2D eigenvalue weighted by Crippen LogP contribution is -2.05. The fraction of sp³-hybridized carbons (Fsp3) is 0.600. The summed E-state index contributed by atoms with van der Waals surface area (Å²) < 4.78 is 5.22. The maximum atomic E-state index is 8.95. The molecule has 0 aliphatic rings. The van der Waals surface area contributed by atoms with Gasteiger partial charge in [0.15, 0.2) is 5.82 Å². The van der Waals surface area contributed by atoms with Crippen LogP contribution < -0.4 is 0 Å². The lowest BCUT2D eigenvalue weighted by molar-refractivity contribution is 0.128. The highest BCUT2D eigenvalue weighted by Crippen LogP contribution is 2.23. The van der Waals surface area contributed by atoms with Crippen molar-refractivity contribution in [1.29, 1.82) is 0 Å². The normalized spacial score (nSPS) is 12.8. The fourth-order valence-corrected chi connectivity index (χ4v) is 2.09. The van der Waals surface area contributed by atoms with Gasteiger partial charge in [0, 0.05) is 17.9 Å². The monoisotopic (exact) mass is 262 g/mol. The highest BCUT2D eigenvalue weighted by atomic mass is 35.5. The van der Waals surface area contributed by atoms with Gasteiger partial charge >= 0.3 is 0 Å². The fourth-order valence-electron chi connectivity index (χ4n) is 1.00. The van der Waals surface area contributed by atoms with Crippen LogP contribution in [-0.4, -0.2) is 33.5 Å². The van der Waals surface area contributed by atoms with E-state index in [4.69, 9.17) is 21.4 Å². The largest absolute Gasteiger partial charge is 0.395 e. The van der Waals surface area contributed by atoms with Crippen LogP contribution in [0.5, 0.6) is 0 Å². The zero-order valence-electron chi connectivity index (χ0n) is 9.31. The Kier molecular flexibility index (Phi) is 6.05. The van der Waals surface area contributed by atoms with Gasteiger partial charge in [-0.25, -0.2) is 9.97 Å². The van der Waals surface area contributed by atoms with Crippen molar-refractivity contribution in [3.63, 3.8) is 0 Å². The Bertz CT molecular complexity index is 339.